The fraction of sp³-hybridized carbons (Fsp3) is 0.250. The summed E-state index contributed by atoms with van der Waals surface area (Å²) in [7, 11) is -1.30. The van der Waals surface area contributed by atoms with Gasteiger partial charge in [-0.25, -0.2) is 4.39 Å². The number of fused-ring (bicyclic) bond motifs is 1. The Kier molecular flexibility index (Phi) is 2.18. The molecule has 0 fully saturated rings. The van der Waals surface area contributed by atoms with Gasteiger partial charge in [-0.1, -0.05) is 0 Å². The zero-order valence-electron chi connectivity index (χ0n) is 7.27. The summed E-state index contributed by atoms with van der Waals surface area (Å²) in [6, 6.07) is 2.30. The molecule has 0 radical (unpaired) electrons. The minimum absolute atomic E-state index is 0.0600. The zero-order chi connectivity index (χ0) is 10.3. The Bertz CT molecular complexity index is 374. The molecule has 14 heavy (non-hydrogen) atoms. The largest absolute Gasteiger partial charge is 0.508 e. The summed E-state index contributed by atoms with van der Waals surface area (Å²) in [5.74, 6) is -0.699. The average molecular weight is 197 g/mol. The van der Waals surface area contributed by atoms with E-state index in [9.17, 15) is 14.5 Å². The van der Waals surface area contributed by atoms with E-state index in [-0.39, 0.29) is 23.3 Å². The van der Waals surface area contributed by atoms with Gasteiger partial charge in [0, 0.05) is 17.6 Å². The second-order valence-electron chi connectivity index (χ2n) is 3.11. The van der Waals surface area contributed by atoms with Crippen LogP contribution in [0.2, 0.25) is 0 Å². The maximum Gasteiger partial charge on any atom is 0.495 e. The monoisotopic (exact) mass is 197 g/mol. The number of hydrogen-bond donors (Lipinski definition) is 3. The topological polar surface area (TPSA) is 75.7 Å². The quantitative estimate of drug-likeness (QED) is 0.517. The molecule has 0 bridgehead atoms. The van der Waals surface area contributed by atoms with E-state index in [0.717, 1.165) is 6.07 Å². The summed E-state index contributed by atoms with van der Waals surface area (Å²) in [4.78, 5) is 0. The highest BCUT2D eigenvalue weighted by molar-refractivity contribution is 6.62. The van der Waals surface area contributed by atoms with Crippen LogP contribution in [0.5, 0.6) is 5.75 Å². The van der Waals surface area contributed by atoms with E-state index in [1.165, 1.54) is 6.07 Å². The van der Waals surface area contributed by atoms with Gasteiger partial charge in [0.05, 0.1) is 6.10 Å². The maximum absolute atomic E-state index is 13.3. The fourth-order valence-electron chi connectivity index (χ4n) is 1.65. The van der Waals surface area contributed by atoms with Crippen LogP contribution < -0.4 is 11.2 Å². The van der Waals surface area contributed by atoms with Gasteiger partial charge in [-0.2, -0.15) is 0 Å². The Hall–Kier alpha value is -1.11. The van der Waals surface area contributed by atoms with E-state index < -0.39 is 19.0 Å². The summed E-state index contributed by atoms with van der Waals surface area (Å²) in [6.45, 7) is 0.0600. The molecule has 1 aliphatic heterocycles. The van der Waals surface area contributed by atoms with Crippen LogP contribution in [0.15, 0.2) is 12.1 Å². The Morgan fingerprint density at radius 1 is 1.57 bits per heavy atom. The van der Waals surface area contributed by atoms with Crippen molar-refractivity contribution in [3.8, 4) is 5.75 Å². The number of phenolic OH excluding ortho intramolecular Hbond substituents is 1. The molecule has 0 unspecified atom stereocenters. The molecule has 1 aromatic carbocycles. The van der Waals surface area contributed by atoms with Crippen LogP contribution in [0, 0.1) is 5.82 Å². The van der Waals surface area contributed by atoms with Crippen LogP contribution in [-0.2, 0) is 4.65 Å². The minimum atomic E-state index is -1.30. The van der Waals surface area contributed by atoms with Crippen LogP contribution in [-0.4, -0.2) is 23.8 Å². The Balaban J connectivity index is 2.60. The first-order valence-electron chi connectivity index (χ1n) is 4.20. The highest BCUT2D eigenvalue weighted by atomic mass is 19.1. The molecule has 74 valence electrons. The van der Waals surface area contributed by atoms with Crippen molar-refractivity contribution in [2.24, 2.45) is 5.73 Å². The molecule has 1 atom stereocenters. The molecule has 0 saturated carbocycles. The number of hydrogen-bond acceptors (Lipinski definition) is 4. The van der Waals surface area contributed by atoms with Crippen molar-refractivity contribution in [2.75, 3.05) is 6.54 Å². The van der Waals surface area contributed by atoms with E-state index in [1.54, 1.807) is 0 Å². The predicted octanol–water partition coefficient (Wildman–Crippen LogP) is -0.751. The normalized spacial score (nSPS) is 19.9. The first kappa shape index (κ1) is 9.45. The van der Waals surface area contributed by atoms with Gasteiger partial charge in [0.1, 0.15) is 11.6 Å². The predicted molar refractivity (Wildman–Crippen MR) is 48.6 cm³/mol. The van der Waals surface area contributed by atoms with Crippen LogP contribution in [0.3, 0.4) is 0 Å². The van der Waals surface area contributed by atoms with E-state index in [4.69, 9.17) is 10.4 Å². The van der Waals surface area contributed by atoms with Gasteiger partial charge in [0.25, 0.3) is 0 Å². The molecule has 6 heteroatoms. The number of halogens is 1. The van der Waals surface area contributed by atoms with E-state index in [0.29, 0.717) is 0 Å². The molecule has 0 aliphatic carbocycles. The second-order valence-corrected chi connectivity index (χ2v) is 3.11. The molecule has 2 rings (SSSR count). The van der Waals surface area contributed by atoms with Gasteiger partial charge in [-0.3, -0.25) is 0 Å². The lowest BCUT2D eigenvalue weighted by atomic mass is 9.78. The summed E-state index contributed by atoms with van der Waals surface area (Å²) >= 11 is 0. The summed E-state index contributed by atoms with van der Waals surface area (Å²) < 4.78 is 18.3. The number of aromatic hydroxyl groups is 1. The third kappa shape index (κ3) is 1.19. The number of rotatable bonds is 1. The molecule has 0 saturated heterocycles. The first-order chi connectivity index (χ1) is 6.65. The third-order valence-electron chi connectivity index (χ3n) is 2.29. The van der Waals surface area contributed by atoms with Crippen molar-refractivity contribution in [3.05, 3.63) is 23.5 Å². The van der Waals surface area contributed by atoms with E-state index >= 15 is 0 Å². The van der Waals surface area contributed by atoms with Crippen molar-refractivity contribution in [2.45, 2.75) is 6.10 Å². The molecule has 1 aromatic rings. The van der Waals surface area contributed by atoms with Gasteiger partial charge in [-0.15, -0.1) is 0 Å². The second kappa shape index (κ2) is 3.23. The third-order valence-corrected chi connectivity index (χ3v) is 2.29. The Morgan fingerprint density at radius 2 is 2.29 bits per heavy atom. The summed E-state index contributed by atoms with van der Waals surface area (Å²) in [5, 5.41) is 18.8. The van der Waals surface area contributed by atoms with Crippen molar-refractivity contribution in [1.82, 2.24) is 0 Å². The van der Waals surface area contributed by atoms with Crippen molar-refractivity contribution < 1.29 is 19.2 Å². The molecule has 1 heterocycles. The first-order valence-corrected chi connectivity index (χ1v) is 4.20. The number of benzene rings is 1. The molecular weight excluding hydrogens is 188 g/mol. The molecule has 1 aliphatic rings. The standard InChI is InChI=1S/C8H9BFNO3/c10-4-1-2-5(12)8-7(4)6(3-11)14-9(8)13/h1-2,6,12-13H,3,11H2/t6-/m1/s1. The lowest BCUT2D eigenvalue weighted by molar-refractivity contribution is 0.194. The van der Waals surface area contributed by atoms with E-state index in [2.05, 4.69) is 0 Å². The SMILES string of the molecule is NC[C@H]1OB(O)c2c(O)ccc(F)c21. The number of nitrogens with two attached hydrogens (primary N) is 1. The van der Waals surface area contributed by atoms with Gasteiger partial charge in [0.2, 0.25) is 0 Å². The van der Waals surface area contributed by atoms with Crippen molar-refractivity contribution in [1.29, 1.82) is 0 Å². The van der Waals surface area contributed by atoms with Gasteiger partial charge in [0.15, 0.2) is 0 Å². The van der Waals surface area contributed by atoms with Crippen molar-refractivity contribution >= 4 is 12.6 Å². The van der Waals surface area contributed by atoms with Crippen LogP contribution >= 0.6 is 0 Å². The van der Waals surface area contributed by atoms with Crippen molar-refractivity contribution in [3.63, 3.8) is 0 Å². The molecule has 0 aromatic heterocycles. The lowest BCUT2D eigenvalue weighted by Gasteiger charge is -2.09. The summed E-state index contributed by atoms with van der Waals surface area (Å²) in [5.41, 5.74) is 5.58. The maximum atomic E-state index is 13.3. The van der Waals surface area contributed by atoms with Gasteiger partial charge in [-0.05, 0) is 12.1 Å². The Morgan fingerprint density at radius 3 is 2.93 bits per heavy atom. The molecule has 0 spiro atoms. The smallest absolute Gasteiger partial charge is 0.495 e. The fourth-order valence-corrected chi connectivity index (χ4v) is 1.65. The van der Waals surface area contributed by atoms with Crippen LogP contribution in [0.25, 0.3) is 0 Å². The average Bonchev–Trinajstić information content (AvgIpc) is 2.50. The zero-order valence-corrected chi connectivity index (χ0v) is 7.27. The Labute approximate surface area is 80.3 Å². The van der Waals surface area contributed by atoms with Crippen LogP contribution in [0.4, 0.5) is 4.39 Å². The van der Waals surface area contributed by atoms with Gasteiger partial charge < -0.3 is 20.5 Å². The minimum Gasteiger partial charge on any atom is -0.508 e. The van der Waals surface area contributed by atoms with Gasteiger partial charge >= 0.3 is 7.12 Å². The lowest BCUT2D eigenvalue weighted by Crippen LogP contribution is -2.28. The van der Waals surface area contributed by atoms with Crippen LogP contribution in [0.1, 0.15) is 11.7 Å². The highest BCUT2D eigenvalue weighted by Crippen LogP contribution is 2.28. The summed E-state index contributed by atoms with van der Waals surface area (Å²) in [6.07, 6.45) is -0.688. The van der Waals surface area contributed by atoms with E-state index in [1.807, 2.05) is 0 Å². The molecule has 4 N–H and O–H groups in total. The molecular formula is C8H9BFNO3. The number of phenols is 1. The molecule has 0 amide bonds. The molecule has 4 nitrogen and oxygen atoms in total. The highest BCUT2D eigenvalue weighted by Gasteiger charge is 2.39.